The number of ether oxygens (including phenoxy) is 1. The maximum Gasteiger partial charge on any atom is 0.0900 e. The van der Waals surface area contributed by atoms with Gasteiger partial charge in [-0.3, -0.25) is 4.90 Å². The second kappa shape index (κ2) is 7.43. The van der Waals surface area contributed by atoms with Gasteiger partial charge in [0.05, 0.1) is 18.8 Å². The molecule has 4 heteroatoms. The van der Waals surface area contributed by atoms with E-state index < -0.39 is 0 Å². The largest absolute Gasteiger partial charge is 0.389 e. The summed E-state index contributed by atoms with van der Waals surface area (Å²) in [6.45, 7) is 7.70. The highest BCUT2D eigenvalue weighted by Gasteiger charge is 2.21. The molecule has 0 amide bonds. The smallest absolute Gasteiger partial charge is 0.0900 e. The van der Waals surface area contributed by atoms with Crippen molar-refractivity contribution in [3.8, 4) is 0 Å². The van der Waals surface area contributed by atoms with Crippen molar-refractivity contribution in [1.82, 2.24) is 10.2 Å². The van der Waals surface area contributed by atoms with E-state index in [1.54, 1.807) is 0 Å². The third kappa shape index (κ3) is 4.84. The highest BCUT2D eigenvalue weighted by molar-refractivity contribution is 4.73. The van der Waals surface area contributed by atoms with Crippen molar-refractivity contribution in [2.45, 2.75) is 44.8 Å². The summed E-state index contributed by atoms with van der Waals surface area (Å²) in [5.74, 6) is 0.786. The first-order chi connectivity index (χ1) is 8.74. The summed E-state index contributed by atoms with van der Waals surface area (Å²) >= 11 is 0. The predicted octanol–water partition coefficient (Wildman–Crippen LogP) is 0.848. The third-order valence-electron chi connectivity index (χ3n) is 4.09. The van der Waals surface area contributed by atoms with Crippen LogP contribution in [0, 0.1) is 5.92 Å². The topological polar surface area (TPSA) is 44.7 Å². The SMILES string of the molecule is CC1CCCC(OCC(O)CN2CCNCC2)C1. The molecule has 106 valence electrons. The summed E-state index contributed by atoms with van der Waals surface area (Å²) in [6, 6.07) is 0. The highest BCUT2D eigenvalue weighted by atomic mass is 16.5. The molecule has 0 aromatic rings. The van der Waals surface area contributed by atoms with Crippen LogP contribution in [0.3, 0.4) is 0 Å². The van der Waals surface area contributed by atoms with E-state index in [1.807, 2.05) is 0 Å². The zero-order valence-corrected chi connectivity index (χ0v) is 11.6. The van der Waals surface area contributed by atoms with Crippen molar-refractivity contribution in [3.05, 3.63) is 0 Å². The Labute approximate surface area is 111 Å². The molecule has 0 bridgehead atoms. The molecule has 1 aliphatic heterocycles. The quantitative estimate of drug-likeness (QED) is 0.765. The molecule has 0 aromatic heterocycles. The predicted molar refractivity (Wildman–Crippen MR) is 72.7 cm³/mol. The summed E-state index contributed by atoms with van der Waals surface area (Å²) in [6.07, 6.45) is 5.00. The van der Waals surface area contributed by atoms with E-state index in [9.17, 15) is 5.11 Å². The standard InChI is InChI=1S/C14H28N2O2/c1-12-3-2-4-14(9-12)18-11-13(17)10-16-7-5-15-6-8-16/h12-15,17H,2-11H2,1H3. The van der Waals surface area contributed by atoms with Crippen molar-refractivity contribution in [3.63, 3.8) is 0 Å². The summed E-state index contributed by atoms with van der Waals surface area (Å²) < 4.78 is 5.86. The maximum atomic E-state index is 10.0. The summed E-state index contributed by atoms with van der Waals surface area (Å²) in [5, 5.41) is 13.3. The number of nitrogens with zero attached hydrogens (tertiary/aromatic N) is 1. The van der Waals surface area contributed by atoms with Gasteiger partial charge in [-0.15, -0.1) is 0 Å². The Kier molecular flexibility index (Phi) is 5.89. The third-order valence-corrected chi connectivity index (χ3v) is 4.09. The zero-order valence-electron chi connectivity index (χ0n) is 11.6. The van der Waals surface area contributed by atoms with Gasteiger partial charge < -0.3 is 15.2 Å². The highest BCUT2D eigenvalue weighted by Crippen LogP contribution is 2.25. The molecule has 1 heterocycles. The lowest BCUT2D eigenvalue weighted by Gasteiger charge is -2.31. The van der Waals surface area contributed by atoms with Crippen LogP contribution < -0.4 is 5.32 Å². The van der Waals surface area contributed by atoms with Crippen LogP contribution in [0.2, 0.25) is 0 Å². The monoisotopic (exact) mass is 256 g/mol. The van der Waals surface area contributed by atoms with Crippen molar-refractivity contribution >= 4 is 0 Å². The first-order valence-electron chi connectivity index (χ1n) is 7.47. The van der Waals surface area contributed by atoms with Crippen LogP contribution in [0.1, 0.15) is 32.6 Å². The Bertz CT molecular complexity index is 232. The van der Waals surface area contributed by atoms with Gasteiger partial charge in [0.15, 0.2) is 0 Å². The number of piperazine rings is 1. The summed E-state index contributed by atoms with van der Waals surface area (Å²) in [5.41, 5.74) is 0. The normalized spacial score (nSPS) is 32.3. The first kappa shape index (κ1) is 14.3. The molecule has 1 aliphatic carbocycles. The number of aliphatic hydroxyl groups is 1. The fraction of sp³-hybridized carbons (Fsp3) is 1.00. The van der Waals surface area contributed by atoms with Gasteiger partial charge in [-0.1, -0.05) is 19.8 Å². The van der Waals surface area contributed by atoms with Crippen molar-refractivity contribution in [2.24, 2.45) is 5.92 Å². The Morgan fingerprint density at radius 1 is 1.33 bits per heavy atom. The Balaban J connectivity index is 1.60. The van der Waals surface area contributed by atoms with Gasteiger partial charge in [0.25, 0.3) is 0 Å². The van der Waals surface area contributed by atoms with E-state index in [-0.39, 0.29) is 6.10 Å². The lowest BCUT2D eigenvalue weighted by Crippen LogP contribution is -2.47. The number of β-amino-alcohol motifs (C(OH)–C–C–N with tert-alkyl or cyclic N) is 1. The number of rotatable bonds is 5. The lowest BCUT2D eigenvalue weighted by molar-refractivity contribution is -0.0405. The molecule has 2 aliphatic rings. The molecule has 0 aromatic carbocycles. The van der Waals surface area contributed by atoms with Gasteiger partial charge in [0.1, 0.15) is 0 Å². The van der Waals surface area contributed by atoms with Crippen LogP contribution in [0.5, 0.6) is 0 Å². The van der Waals surface area contributed by atoms with Crippen LogP contribution in [0.4, 0.5) is 0 Å². The van der Waals surface area contributed by atoms with Gasteiger partial charge in [0, 0.05) is 32.7 Å². The van der Waals surface area contributed by atoms with Crippen LogP contribution in [-0.4, -0.2) is 61.5 Å². The molecule has 0 radical (unpaired) electrons. The maximum absolute atomic E-state index is 10.0. The molecule has 1 saturated carbocycles. The fourth-order valence-corrected chi connectivity index (χ4v) is 3.02. The molecule has 3 atom stereocenters. The Hall–Kier alpha value is -0.160. The molecule has 18 heavy (non-hydrogen) atoms. The van der Waals surface area contributed by atoms with Gasteiger partial charge >= 0.3 is 0 Å². The molecule has 1 saturated heterocycles. The summed E-state index contributed by atoms with van der Waals surface area (Å²) in [4.78, 5) is 2.31. The second-order valence-electron chi connectivity index (χ2n) is 5.93. The molecule has 0 spiro atoms. The van der Waals surface area contributed by atoms with Gasteiger partial charge in [0.2, 0.25) is 0 Å². The molecule has 2 fully saturated rings. The Morgan fingerprint density at radius 2 is 2.11 bits per heavy atom. The Morgan fingerprint density at radius 3 is 2.83 bits per heavy atom. The van der Waals surface area contributed by atoms with Crippen molar-refractivity contribution in [1.29, 1.82) is 0 Å². The van der Waals surface area contributed by atoms with Gasteiger partial charge in [-0.05, 0) is 18.8 Å². The molecule has 4 nitrogen and oxygen atoms in total. The van der Waals surface area contributed by atoms with E-state index in [1.165, 1.54) is 25.7 Å². The molecular formula is C14H28N2O2. The average Bonchev–Trinajstić information content (AvgIpc) is 2.38. The number of aliphatic hydroxyl groups excluding tert-OH is 1. The van der Waals surface area contributed by atoms with E-state index in [0.717, 1.165) is 38.6 Å². The minimum absolute atomic E-state index is 0.333. The zero-order chi connectivity index (χ0) is 12.8. The molecule has 2 rings (SSSR count). The van der Waals surface area contributed by atoms with Crippen LogP contribution >= 0.6 is 0 Å². The van der Waals surface area contributed by atoms with E-state index in [4.69, 9.17) is 4.74 Å². The van der Waals surface area contributed by atoms with Gasteiger partial charge in [-0.25, -0.2) is 0 Å². The van der Waals surface area contributed by atoms with Crippen LogP contribution in [-0.2, 0) is 4.74 Å². The molecule has 3 unspecified atom stereocenters. The first-order valence-corrected chi connectivity index (χ1v) is 7.47. The summed E-state index contributed by atoms with van der Waals surface area (Å²) in [7, 11) is 0. The molecule has 2 N–H and O–H groups in total. The van der Waals surface area contributed by atoms with E-state index in [0.29, 0.717) is 12.7 Å². The van der Waals surface area contributed by atoms with Gasteiger partial charge in [-0.2, -0.15) is 0 Å². The van der Waals surface area contributed by atoms with E-state index in [2.05, 4.69) is 17.1 Å². The number of hydrogen-bond donors (Lipinski definition) is 2. The number of hydrogen-bond acceptors (Lipinski definition) is 4. The average molecular weight is 256 g/mol. The van der Waals surface area contributed by atoms with Crippen LogP contribution in [0.25, 0.3) is 0 Å². The molecular weight excluding hydrogens is 228 g/mol. The second-order valence-corrected chi connectivity index (χ2v) is 5.93. The van der Waals surface area contributed by atoms with Crippen LogP contribution in [0.15, 0.2) is 0 Å². The van der Waals surface area contributed by atoms with E-state index >= 15 is 0 Å². The fourth-order valence-electron chi connectivity index (χ4n) is 3.02. The minimum atomic E-state index is -0.333. The number of nitrogens with one attached hydrogen (secondary N) is 1. The minimum Gasteiger partial charge on any atom is -0.389 e. The lowest BCUT2D eigenvalue weighted by atomic mass is 9.89. The van der Waals surface area contributed by atoms with Crippen molar-refractivity contribution in [2.75, 3.05) is 39.3 Å². The van der Waals surface area contributed by atoms with Crippen molar-refractivity contribution < 1.29 is 9.84 Å².